The van der Waals surface area contributed by atoms with Crippen molar-refractivity contribution in [3.8, 4) is 44.8 Å². The van der Waals surface area contributed by atoms with E-state index in [1.165, 1.54) is 62.6 Å². The fourth-order valence-electron chi connectivity index (χ4n) is 6.31. The molecule has 2 nitrogen and oxygen atoms in total. The largest absolute Gasteiger partial charge is 0.236 e. The summed E-state index contributed by atoms with van der Waals surface area (Å²) in [5.74, 6) is 0. The normalized spacial score (nSPS) is 11.2. The average Bonchev–Trinajstić information content (AvgIpc) is 3.71. The number of allylic oxidation sites excluding steroid dienone is 1. The van der Waals surface area contributed by atoms with E-state index < -0.39 is 0 Å². The van der Waals surface area contributed by atoms with Crippen molar-refractivity contribution < 1.29 is 0 Å². The molecule has 9 rings (SSSR count). The first-order chi connectivity index (χ1) is 23.2. The van der Waals surface area contributed by atoms with Crippen molar-refractivity contribution in [2.45, 2.75) is 6.92 Å². The minimum Gasteiger partial charge on any atom is -0.236 e. The molecule has 47 heavy (non-hydrogen) atoms. The van der Waals surface area contributed by atoms with Gasteiger partial charge < -0.3 is 0 Å². The van der Waals surface area contributed by atoms with Crippen LogP contribution in [0.15, 0.2) is 159 Å². The third-order valence-electron chi connectivity index (χ3n) is 8.41. The van der Waals surface area contributed by atoms with Crippen molar-refractivity contribution in [3.05, 3.63) is 159 Å². The highest BCUT2D eigenvalue weighted by atomic mass is 32.1. The van der Waals surface area contributed by atoms with Crippen molar-refractivity contribution in [1.29, 1.82) is 0 Å². The first kappa shape index (κ1) is 29.0. The fraction of sp³-hybridized carbons (Fsp3) is 0.0233. The summed E-state index contributed by atoms with van der Waals surface area (Å²) in [6, 6.07) is 50.1. The van der Waals surface area contributed by atoms with Crippen LogP contribution in [0.4, 0.5) is 0 Å². The highest BCUT2D eigenvalue weighted by Gasteiger charge is 2.13. The van der Waals surface area contributed by atoms with E-state index in [0.29, 0.717) is 0 Å². The molecule has 3 aromatic heterocycles. The second kappa shape index (κ2) is 12.4. The van der Waals surface area contributed by atoms with Crippen molar-refractivity contribution >= 4 is 63.0 Å². The molecule has 9 aromatic rings. The van der Waals surface area contributed by atoms with Crippen molar-refractivity contribution in [1.82, 2.24) is 9.97 Å². The predicted octanol–water partition coefficient (Wildman–Crippen LogP) is 13.1. The number of aromatic nitrogens is 2. The van der Waals surface area contributed by atoms with Crippen LogP contribution in [0.25, 0.3) is 85.1 Å². The van der Waals surface area contributed by atoms with Gasteiger partial charge >= 0.3 is 0 Å². The highest BCUT2D eigenvalue weighted by molar-refractivity contribution is 7.26. The summed E-state index contributed by atoms with van der Waals surface area (Å²) in [5, 5.41) is 5.25. The Morgan fingerprint density at radius 1 is 0.468 bits per heavy atom. The molecule has 0 saturated heterocycles. The maximum atomic E-state index is 4.71. The van der Waals surface area contributed by atoms with Gasteiger partial charge in [-0.25, -0.2) is 9.97 Å². The van der Waals surface area contributed by atoms with Crippen LogP contribution in [-0.4, -0.2) is 9.97 Å². The van der Waals surface area contributed by atoms with Gasteiger partial charge in [-0.15, -0.1) is 29.3 Å². The van der Waals surface area contributed by atoms with E-state index in [4.69, 9.17) is 9.97 Å². The smallest absolute Gasteiger partial charge is 0.116 e. The number of thiophene rings is 2. The molecule has 0 N–H and O–H groups in total. The Morgan fingerprint density at radius 2 is 0.872 bits per heavy atom. The van der Waals surface area contributed by atoms with Crippen molar-refractivity contribution in [2.24, 2.45) is 0 Å². The van der Waals surface area contributed by atoms with Crippen LogP contribution in [0, 0.1) is 0 Å². The van der Waals surface area contributed by atoms with Gasteiger partial charge in [0.15, 0.2) is 0 Å². The molecular formula is C43H30N2S2. The third-order valence-corrected chi connectivity index (χ3v) is 10.9. The summed E-state index contributed by atoms with van der Waals surface area (Å²) in [6.07, 6.45) is 3.43. The molecule has 0 unspecified atom stereocenters. The first-order valence-corrected chi connectivity index (χ1v) is 17.3. The van der Waals surface area contributed by atoms with E-state index in [1.807, 2.05) is 29.6 Å². The van der Waals surface area contributed by atoms with Gasteiger partial charge in [-0.1, -0.05) is 115 Å². The number of hydrogen-bond donors (Lipinski definition) is 0. The van der Waals surface area contributed by atoms with Gasteiger partial charge in [0.25, 0.3) is 0 Å². The second-order valence-corrected chi connectivity index (χ2v) is 13.5. The van der Waals surface area contributed by atoms with Gasteiger partial charge in [0.1, 0.15) is 6.33 Å². The Balaban J connectivity index is 0.00000104. The maximum Gasteiger partial charge on any atom is 0.116 e. The van der Waals surface area contributed by atoms with Gasteiger partial charge in [0.05, 0.1) is 11.4 Å². The topological polar surface area (TPSA) is 25.8 Å². The van der Waals surface area contributed by atoms with Crippen molar-refractivity contribution in [3.63, 3.8) is 0 Å². The van der Waals surface area contributed by atoms with Crippen LogP contribution < -0.4 is 0 Å². The zero-order valence-corrected chi connectivity index (χ0v) is 27.5. The highest BCUT2D eigenvalue weighted by Crippen LogP contribution is 2.42. The molecule has 224 valence electrons. The molecule has 0 amide bonds. The number of rotatable bonds is 4. The fourth-order valence-corrected chi connectivity index (χ4v) is 8.79. The first-order valence-electron chi connectivity index (χ1n) is 15.6. The lowest BCUT2D eigenvalue weighted by Gasteiger charge is -2.09. The van der Waals surface area contributed by atoms with Gasteiger partial charge in [0.2, 0.25) is 0 Å². The van der Waals surface area contributed by atoms with Crippen LogP contribution >= 0.6 is 22.7 Å². The molecule has 0 aliphatic carbocycles. The van der Waals surface area contributed by atoms with E-state index in [2.05, 4.69) is 146 Å². The van der Waals surface area contributed by atoms with Crippen molar-refractivity contribution in [2.75, 3.05) is 0 Å². The van der Waals surface area contributed by atoms with Gasteiger partial charge in [-0.3, -0.25) is 0 Å². The molecule has 0 saturated carbocycles. The molecule has 0 spiro atoms. The van der Waals surface area contributed by atoms with Gasteiger partial charge in [-0.05, 0) is 59.5 Å². The Kier molecular flexibility index (Phi) is 7.66. The Bertz CT molecular complexity index is 2400. The lowest BCUT2D eigenvalue weighted by atomic mass is 9.98. The SMILES string of the molecule is C=CC.c1cc(-c2cc(-c3cccc(-c4cccc5c4sc4ccccc45)c3)ncn2)cc(-c2cccc3c2sc2ccccc23)c1. The molecule has 0 atom stereocenters. The number of nitrogens with zero attached hydrogens (tertiary/aromatic N) is 2. The molecule has 3 heterocycles. The van der Waals surface area contributed by atoms with Crippen LogP contribution in [0.3, 0.4) is 0 Å². The summed E-state index contributed by atoms with van der Waals surface area (Å²) in [4.78, 5) is 9.41. The molecule has 0 radical (unpaired) electrons. The number of fused-ring (bicyclic) bond motifs is 6. The third kappa shape index (κ3) is 5.32. The maximum absolute atomic E-state index is 4.71. The van der Waals surface area contributed by atoms with Crippen LogP contribution in [0.1, 0.15) is 6.92 Å². The molecule has 6 aromatic carbocycles. The van der Waals surface area contributed by atoms with Crippen LogP contribution in [0.2, 0.25) is 0 Å². The Hall–Kier alpha value is -5.42. The Morgan fingerprint density at radius 3 is 1.36 bits per heavy atom. The summed E-state index contributed by atoms with van der Waals surface area (Å²) in [6.45, 7) is 5.25. The zero-order chi connectivity index (χ0) is 31.7. The molecule has 0 aliphatic heterocycles. The monoisotopic (exact) mass is 638 g/mol. The quantitative estimate of drug-likeness (QED) is 0.179. The van der Waals surface area contributed by atoms with E-state index in [-0.39, 0.29) is 0 Å². The van der Waals surface area contributed by atoms with E-state index in [1.54, 1.807) is 12.4 Å². The standard InChI is InChI=1S/C40H24N2S2.C3H6/c1-3-19-37-31(13-1)33-17-7-15-29(39(33)43-37)25-9-5-11-27(21-25)35-23-36(42-24-41-35)28-12-6-10-26(22-28)30-16-8-18-34-32-14-2-4-20-38(32)44-40(30)34;1-3-2/h1-24H;3H,1H2,2H3. The summed E-state index contributed by atoms with van der Waals surface area (Å²) in [5.41, 5.74) is 8.88. The van der Waals surface area contributed by atoms with Crippen LogP contribution in [0.5, 0.6) is 0 Å². The molecule has 4 heteroatoms. The Labute approximate surface area is 282 Å². The minimum atomic E-state index is 0.914. The molecule has 0 fully saturated rings. The molecular weight excluding hydrogens is 609 g/mol. The minimum absolute atomic E-state index is 0.914. The summed E-state index contributed by atoms with van der Waals surface area (Å²) >= 11 is 3.72. The number of benzene rings is 6. The lowest BCUT2D eigenvalue weighted by molar-refractivity contribution is 1.18. The lowest BCUT2D eigenvalue weighted by Crippen LogP contribution is -1.90. The van der Waals surface area contributed by atoms with E-state index in [9.17, 15) is 0 Å². The van der Waals surface area contributed by atoms with E-state index >= 15 is 0 Å². The van der Waals surface area contributed by atoms with Gasteiger partial charge in [0, 0.05) is 51.5 Å². The zero-order valence-electron chi connectivity index (χ0n) is 25.9. The molecule has 0 bridgehead atoms. The van der Waals surface area contributed by atoms with E-state index in [0.717, 1.165) is 22.5 Å². The summed E-state index contributed by atoms with van der Waals surface area (Å²) < 4.78 is 5.27. The molecule has 0 aliphatic rings. The summed E-state index contributed by atoms with van der Waals surface area (Å²) in [7, 11) is 0. The second-order valence-electron chi connectivity index (χ2n) is 11.4. The average molecular weight is 639 g/mol. The van der Waals surface area contributed by atoms with Crippen LogP contribution in [-0.2, 0) is 0 Å². The predicted molar refractivity (Wildman–Crippen MR) is 205 cm³/mol. The number of hydrogen-bond acceptors (Lipinski definition) is 4. The van der Waals surface area contributed by atoms with Gasteiger partial charge in [-0.2, -0.15) is 0 Å².